The number of ether oxygens (including phenoxy) is 1. The highest BCUT2D eigenvalue weighted by Crippen LogP contribution is 2.11. The Bertz CT molecular complexity index is 383. The van der Waals surface area contributed by atoms with Gasteiger partial charge in [-0.15, -0.1) is 0 Å². The highest BCUT2D eigenvalue weighted by atomic mass is 16.5. The van der Waals surface area contributed by atoms with Gasteiger partial charge >= 0.3 is 0 Å². The van der Waals surface area contributed by atoms with Gasteiger partial charge in [-0.3, -0.25) is 0 Å². The minimum absolute atomic E-state index is 0.413. The van der Waals surface area contributed by atoms with Crippen molar-refractivity contribution in [3.63, 3.8) is 0 Å². The van der Waals surface area contributed by atoms with Crippen LogP contribution < -0.4 is 10.6 Å². The third-order valence-corrected chi connectivity index (χ3v) is 2.95. The summed E-state index contributed by atoms with van der Waals surface area (Å²) in [5, 5.41) is 6.34. The van der Waals surface area contributed by atoms with Gasteiger partial charge in [0.1, 0.15) is 18.2 Å². The van der Waals surface area contributed by atoms with Crippen molar-refractivity contribution in [1.29, 1.82) is 0 Å². The summed E-state index contributed by atoms with van der Waals surface area (Å²) in [7, 11) is 5.59. The molecule has 0 fully saturated rings. The van der Waals surface area contributed by atoms with Crippen LogP contribution in [-0.2, 0) is 11.3 Å². The number of hydrogen-bond donors (Lipinski definition) is 2. The lowest BCUT2D eigenvalue weighted by molar-refractivity contribution is 0.178. The number of hydrogen-bond acceptors (Lipinski definition) is 6. The highest BCUT2D eigenvalue weighted by molar-refractivity contribution is 5.47. The van der Waals surface area contributed by atoms with Gasteiger partial charge in [0.05, 0.1) is 0 Å². The first-order valence-corrected chi connectivity index (χ1v) is 6.55. The van der Waals surface area contributed by atoms with Crippen molar-refractivity contribution in [3.05, 3.63) is 11.9 Å². The lowest BCUT2D eigenvalue weighted by atomic mass is 10.3. The molecule has 6 nitrogen and oxygen atoms in total. The zero-order valence-corrected chi connectivity index (χ0v) is 12.5. The van der Waals surface area contributed by atoms with Crippen LogP contribution in [0.4, 0.5) is 11.6 Å². The van der Waals surface area contributed by atoms with E-state index in [9.17, 15) is 0 Å². The first kappa shape index (κ1) is 15.7. The molecule has 0 spiro atoms. The van der Waals surface area contributed by atoms with Crippen LogP contribution in [-0.4, -0.2) is 55.2 Å². The Morgan fingerprint density at radius 1 is 1.32 bits per heavy atom. The number of nitrogens with one attached hydrogen (secondary N) is 2. The molecule has 0 saturated heterocycles. The fraction of sp³-hybridized carbons (Fsp3) is 0.692. The van der Waals surface area contributed by atoms with Crippen LogP contribution in [0.2, 0.25) is 0 Å². The fourth-order valence-corrected chi connectivity index (χ4v) is 1.53. The summed E-state index contributed by atoms with van der Waals surface area (Å²) in [6.07, 6.45) is 0. The first-order chi connectivity index (χ1) is 9.06. The SMILES string of the molecule is CNc1cc(NCCN(C)C(C)C)nc(COC)n1. The molecule has 0 amide bonds. The summed E-state index contributed by atoms with van der Waals surface area (Å²) in [4.78, 5) is 11.0. The lowest BCUT2D eigenvalue weighted by Gasteiger charge is -2.21. The Balaban J connectivity index is 2.59. The summed E-state index contributed by atoms with van der Waals surface area (Å²) in [6.45, 7) is 6.59. The van der Waals surface area contributed by atoms with Crippen LogP contribution in [0, 0.1) is 0 Å². The normalized spacial score (nSPS) is 11.1. The van der Waals surface area contributed by atoms with Crippen molar-refractivity contribution in [1.82, 2.24) is 14.9 Å². The molecule has 1 heterocycles. The number of anilines is 2. The third-order valence-electron chi connectivity index (χ3n) is 2.95. The molecule has 19 heavy (non-hydrogen) atoms. The fourth-order valence-electron chi connectivity index (χ4n) is 1.53. The zero-order valence-electron chi connectivity index (χ0n) is 12.5. The molecule has 6 heteroatoms. The second-order valence-electron chi connectivity index (χ2n) is 4.74. The van der Waals surface area contributed by atoms with E-state index in [4.69, 9.17) is 4.74 Å². The molecule has 1 aromatic heterocycles. The molecular formula is C13H25N5O. The van der Waals surface area contributed by atoms with E-state index in [0.717, 1.165) is 24.7 Å². The third kappa shape index (κ3) is 5.40. The van der Waals surface area contributed by atoms with Crippen LogP contribution >= 0.6 is 0 Å². The van der Waals surface area contributed by atoms with E-state index in [-0.39, 0.29) is 0 Å². The van der Waals surface area contributed by atoms with E-state index in [1.165, 1.54) is 0 Å². The summed E-state index contributed by atoms with van der Waals surface area (Å²) in [6, 6.07) is 2.44. The topological polar surface area (TPSA) is 62.3 Å². The molecule has 0 unspecified atom stereocenters. The Hall–Kier alpha value is -1.40. The van der Waals surface area contributed by atoms with Crippen molar-refractivity contribution < 1.29 is 4.74 Å². The zero-order chi connectivity index (χ0) is 14.3. The molecule has 108 valence electrons. The Morgan fingerprint density at radius 3 is 2.58 bits per heavy atom. The Labute approximate surface area is 115 Å². The minimum Gasteiger partial charge on any atom is -0.377 e. The number of rotatable bonds is 8. The van der Waals surface area contributed by atoms with Crippen molar-refractivity contribution in [2.24, 2.45) is 0 Å². The predicted octanol–water partition coefficient (Wildman–Crippen LogP) is 1.42. The quantitative estimate of drug-likeness (QED) is 0.743. The summed E-state index contributed by atoms with van der Waals surface area (Å²) in [5.74, 6) is 2.29. The number of aromatic nitrogens is 2. The second-order valence-corrected chi connectivity index (χ2v) is 4.74. The van der Waals surface area contributed by atoms with Crippen molar-refractivity contribution in [2.75, 3.05) is 44.9 Å². The first-order valence-electron chi connectivity index (χ1n) is 6.55. The van der Waals surface area contributed by atoms with E-state index >= 15 is 0 Å². The van der Waals surface area contributed by atoms with Crippen molar-refractivity contribution in [2.45, 2.75) is 26.5 Å². The van der Waals surface area contributed by atoms with Crippen LogP contribution in [0.15, 0.2) is 6.07 Å². The Morgan fingerprint density at radius 2 is 2.00 bits per heavy atom. The molecular weight excluding hydrogens is 242 g/mol. The molecule has 0 aromatic carbocycles. The molecule has 2 N–H and O–H groups in total. The van der Waals surface area contributed by atoms with Crippen LogP contribution in [0.3, 0.4) is 0 Å². The highest BCUT2D eigenvalue weighted by Gasteiger charge is 2.05. The Kier molecular flexibility index (Phi) is 6.52. The van der Waals surface area contributed by atoms with Crippen LogP contribution in [0.25, 0.3) is 0 Å². The summed E-state index contributed by atoms with van der Waals surface area (Å²) in [5.41, 5.74) is 0. The average Bonchev–Trinajstić information content (AvgIpc) is 2.38. The van der Waals surface area contributed by atoms with Gasteiger partial charge < -0.3 is 20.3 Å². The number of nitrogens with zero attached hydrogens (tertiary/aromatic N) is 3. The monoisotopic (exact) mass is 267 g/mol. The molecule has 0 bridgehead atoms. The molecule has 1 rings (SSSR count). The standard InChI is InChI=1S/C13H25N5O/c1-10(2)18(4)7-6-15-12-8-11(14-3)16-13(17-12)9-19-5/h8,10H,6-7,9H2,1-5H3,(H2,14,15,16,17). The minimum atomic E-state index is 0.413. The molecule has 1 aromatic rings. The van der Waals surface area contributed by atoms with E-state index in [0.29, 0.717) is 18.5 Å². The van der Waals surface area contributed by atoms with E-state index in [2.05, 4.69) is 46.4 Å². The van der Waals surface area contributed by atoms with E-state index in [1.54, 1.807) is 7.11 Å². The molecule has 0 aliphatic heterocycles. The van der Waals surface area contributed by atoms with E-state index < -0.39 is 0 Å². The van der Waals surface area contributed by atoms with Gasteiger partial charge in [-0.1, -0.05) is 0 Å². The van der Waals surface area contributed by atoms with Gasteiger partial charge in [0.2, 0.25) is 0 Å². The van der Waals surface area contributed by atoms with E-state index in [1.807, 2.05) is 13.1 Å². The smallest absolute Gasteiger partial charge is 0.158 e. The van der Waals surface area contributed by atoms with Gasteiger partial charge in [-0.2, -0.15) is 0 Å². The molecule has 0 atom stereocenters. The maximum absolute atomic E-state index is 5.07. The average molecular weight is 267 g/mol. The second kappa shape index (κ2) is 7.91. The maximum atomic E-state index is 5.07. The molecule has 0 radical (unpaired) electrons. The van der Waals surface area contributed by atoms with Crippen molar-refractivity contribution >= 4 is 11.6 Å². The summed E-state index contributed by atoms with van der Waals surface area (Å²) < 4.78 is 5.07. The van der Waals surface area contributed by atoms with Gasteiger partial charge in [-0.25, -0.2) is 9.97 Å². The van der Waals surface area contributed by atoms with Gasteiger partial charge in [0, 0.05) is 39.4 Å². The van der Waals surface area contributed by atoms with Crippen LogP contribution in [0.1, 0.15) is 19.7 Å². The molecule has 0 aliphatic carbocycles. The van der Waals surface area contributed by atoms with Crippen LogP contribution in [0.5, 0.6) is 0 Å². The molecule has 0 saturated carbocycles. The van der Waals surface area contributed by atoms with Gasteiger partial charge in [0.25, 0.3) is 0 Å². The number of methoxy groups -OCH3 is 1. The lowest BCUT2D eigenvalue weighted by Crippen LogP contribution is -2.31. The van der Waals surface area contributed by atoms with Gasteiger partial charge in [0.15, 0.2) is 5.82 Å². The summed E-state index contributed by atoms with van der Waals surface area (Å²) >= 11 is 0. The predicted molar refractivity (Wildman–Crippen MR) is 78.5 cm³/mol. The largest absolute Gasteiger partial charge is 0.377 e. The van der Waals surface area contributed by atoms with Crippen molar-refractivity contribution in [3.8, 4) is 0 Å². The molecule has 0 aliphatic rings. The number of likely N-dealkylation sites (N-methyl/N-ethyl adjacent to an activating group) is 1. The van der Waals surface area contributed by atoms with Gasteiger partial charge in [-0.05, 0) is 20.9 Å². The maximum Gasteiger partial charge on any atom is 0.158 e.